The fourth-order valence-corrected chi connectivity index (χ4v) is 3.28. The Morgan fingerprint density at radius 1 is 0.724 bits per heavy atom. The Labute approximate surface area is 177 Å². The lowest BCUT2D eigenvalue weighted by molar-refractivity contribution is -0.160. The van der Waals surface area contributed by atoms with Gasteiger partial charge in [0.1, 0.15) is 6.04 Å². The van der Waals surface area contributed by atoms with Crippen LogP contribution in [0.2, 0.25) is 0 Å². The molecule has 0 aromatic carbocycles. The summed E-state index contributed by atoms with van der Waals surface area (Å²) in [5.41, 5.74) is 5.51. The number of ether oxygens (including phenoxy) is 1. The Morgan fingerprint density at radius 3 is 1.55 bits per heavy atom. The zero-order chi connectivity index (χ0) is 21.7. The van der Waals surface area contributed by atoms with Crippen molar-refractivity contribution in [3.63, 3.8) is 0 Å². The number of unbranched alkanes of at least 4 members (excludes halogenated alkanes) is 14. The van der Waals surface area contributed by atoms with E-state index in [1.807, 2.05) is 0 Å². The van der Waals surface area contributed by atoms with Crippen LogP contribution in [-0.2, 0) is 19.1 Å². The summed E-state index contributed by atoms with van der Waals surface area (Å²) in [6.07, 6.45) is 18.7. The zero-order valence-electron chi connectivity index (χ0n) is 18.5. The van der Waals surface area contributed by atoms with E-state index in [0.717, 1.165) is 12.8 Å². The highest BCUT2D eigenvalue weighted by molar-refractivity contribution is 5.88. The molecule has 0 unspecified atom stereocenters. The molecule has 170 valence electrons. The highest BCUT2D eigenvalue weighted by Gasteiger charge is 2.19. The molecule has 0 amide bonds. The van der Waals surface area contributed by atoms with Gasteiger partial charge >= 0.3 is 17.9 Å². The normalized spacial score (nSPS) is 11.9. The van der Waals surface area contributed by atoms with E-state index in [1.165, 1.54) is 77.0 Å². The number of hydrogen-bond donors (Lipinski definition) is 2. The summed E-state index contributed by atoms with van der Waals surface area (Å²) in [5, 5.41) is 8.55. The molecule has 0 radical (unpaired) electrons. The number of aliphatic carboxylic acids is 1. The maximum atomic E-state index is 11.6. The average Bonchev–Trinajstić information content (AvgIpc) is 2.68. The topological polar surface area (TPSA) is 107 Å². The van der Waals surface area contributed by atoms with Gasteiger partial charge in [0, 0.05) is 12.8 Å². The molecule has 0 aromatic rings. The number of rotatable bonds is 20. The predicted octanol–water partition coefficient (Wildman–Crippen LogP) is 5.51. The number of carboxylic acid groups (broad SMARTS) is 1. The smallest absolute Gasteiger partial charge is 0.330 e. The summed E-state index contributed by atoms with van der Waals surface area (Å²) in [4.78, 5) is 33.6. The Balaban J connectivity index is 3.38. The molecule has 0 rings (SSSR count). The summed E-state index contributed by atoms with van der Waals surface area (Å²) in [5.74, 6) is -2.44. The maximum Gasteiger partial charge on any atom is 0.330 e. The van der Waals surface area contributed by atoms with Crippen molar-refractivity contribution in [2.45, 2.75) is 129 Å². The van der Waals surface area contributed by atoms with Crippen LogP contribution in [-0.4, -0.2) is 29.1 Å². The first-order valence-corrected chi connectivity index (χ1v) is 11.7. The maximum absolute atomic E-state index is 11.6. The quantitative estimate of drug-likeness (QED) is 0.155. The van der Waals surface area contributed by atoms with Gasteiger partial charge in [-0.2, -0.15) is 0 Å². The minimum absolute atomic E-state index is 0.0274. The van der Waals surface area contributed by atoms with Crippen molar-refractivity contribution < 1.29 is 24.2 Å². The third kappa shape index (κ3) is 19.7. The average molecular weight is 414 g/mol. The van der Waals surface area contributed by atoms with E-state index >= 15 is 0 Å². The number of carboxylic acids is 1. The number of nitrogens with two attached hydrogens (primary N) is 1. The molecule has 0 aliphatic heterocycles. The predicted molar refractivity (Wildman–Crippen MR) is 115 cm³/mol. The molecule has 0 aromatic heterocycles. The molecule has 29 heavy (non-hydrogen) atoms. The number of carbonyl (C=O) groups excluding carboxylic acids is 2. The highest BCUT2D eigenvalue weighted by Crippen LogP contribution is 2.14. The number of carbonyl (C=O) groups is 3. The van der Waals surface area contributed by atoms with Gasteiger partial charge in [0.25, 0.3) is 0 Å². The number of esters is 2. The van der Waals surface area contributed by atoms with E-state index in [-0.39, 0.29) is 19.3 Å². The van der Waals surface area contributed by atoms with Crippen LogP contribution in [0.1, 0.15) is 122 Å². The molecule has 0 saturated carbocycles. The SMILES string of the molecule is CCCCCCCCCCCCCCCCCC(=O)OC(=O)[C@@H](N)CCC(=O)O. The van der Waals surface area contributed by atoms with Gasteiger partial charge in [-0.15, -0.1) is 0 Å². The first-order chi connectivity index (χ1) is 14.0. The first kappa shape index (κ1) is 27.6. The van der Waals surface area contributed by atoms with Crippen molar-refractivity contribution >= 4 is 17.9 Å². The lowest BCUT2D eigenvalue weighted by atomic mass is 10.0. The summed E-state index contributed by atoms with van der Waals surface area (Å²) in [7, 11) is 0. The van der Waals surface area contributed by atoms with E-state index in [2.05, 4.69) is 11.7 Å². The molecule has 3 N–H and O–H groups in total. The van der Waals surface area contributed by atoms with Crippen LogP contribution in [0.3, 0.4) is 0 Å². The molecule has 0 heterocycles. The Hall–Kier alpha value is -1.43. The van der Waals surface area contributed by atoms with Crippen LogP contribution >= 0.6 is 0 Å². The second-order valence-electron chi connectivity index (χ2n) is 8.03. The standard InChI is InChI=1S/C23H43NO5/c1-2-3-4-5-6-7-8-9-10-11-12-13-14-15-16-17-22(27)29-23(28)20(24)18-19-21(25)26/h20H,2-19,24H2,1H3,(H,25,26)/t20-/m0/s1. The van der Waals surface area contributed by atoms with Gasteiger partial charge in [-0.1, -0.05) is 96.8 Å². The molecule has 0 spiro atoms. The molecule has 0 fully saturated rings. The van der Waals surface area contributed by atoms with Crippen molar-refractivity contribution in [2.75, 3.05) is 0 Å². The summed E-state index contributed by atoms with van der Waals surface area (Å²) in [6.45, 7) is 2.25. The molecule has 0 saturated heterocycles. The Bertz CT molecular complexity index is 439. The minimum atomic E-state index is -1.06. The van der Waals surface area contributed by atoms with E-state index < -0.39 is 23.9 Å². The van der Waals surface area contributed by atoms with Crippen molar-refractivity contribution in [3.05, 3.63) is 0 Å². The van der Waals surface area contributed by atoms with Crippen LogP contribution in [0.15, 0.2) is 0 Å². The first-order valence-electron chi connectivity index (χ1n) is 11.7. The summed E-state index contributed by atoms with van der Waals surface area (Å²) in [6, 6.07) is -1.06. The second-order valence-corrected chi connectivity index (χ2v) is 8.03. The molecule has 0 aliphatic rings. The lowest BCUT2D eigenvalue weighted by Gasteiger charge is -2.09. The molecule has 0 aliphatic carbocycles. The monoisotopic (exact) mass is 413 g/mol. The third-order valence-electron chi connectivity index (χ3n) is 5.17. The van der Waals surface area contributed by atoms with Gasteiger partial charge in [-0.05, 0) is 12.8 Å². The van der Waals surface area contributed by atoms with E-state index in [1.54, 1.807) is 0 Å². The largest absolute Gasteiger partial charge is 0.481 e. The van der Waals surface area contributed by atoms with Gasteiger partial charge in [-0.25, -0.2) is 4.79 Å². The second kappa shape index (κ2) is 19.9. The Kier molecular flexibility index (Phi) is 18.9. The fraction of sp³-hybridized carbons (Fsp3) is 0.870. The van der Waals surface area contributed by atoms with Crippen LogP contribution < -0.4 is 5.73 Å². The highest BCUT2D eigenvalue weighted by atomic mass is 16.6. The van der Waals surface area contributed by atoms with Crippen molar-refractivity contribution in [3.8, 4) is 0 Å². The van der Waals surface area contributed by atoms with E-state index in [4.69, 9.17) is 10.8 Å². The molecule has 6 heteroatoms. The van der Waals surface area contributed by atoms with Crippen LogP contribution in [0.5, 0.6) is 0 Å². The van der Waals surface area contributed by atoms with Gasteiger partial charge in [0.05, 0.1) is 0 Å². The summed E-state index contributed by atoms with van der Waals surface area (Å²) >= 11 is 0. The van der Waals surface area contributed by atoms with Crippen molar-refractivity contribution in [1.29, 1.82) is 0 Å². The van der Waals surface area contributed by atoms with Crippen LogP contribution in [0.4, 0.5) is 0 Å². The zero-order valence-corrected chi connectivity index (χ0v) is 18.5. The van der Waals surface area contributed by atoms with Gasteiger partial charge < -0.3 is 15.6 Å². The Morgan fingerprint density at radius 2 is 1.14 bits per heavy atom. The van der Waals surface area contributed by atoms with Crippen molar-refractivity contribution in [2.24, 2.45) is 5.73 Å². The van der Waals surface area contributed by atoms with Gasteiger partial charge in [0.2, 0.25) is 0 Å². The van der Waals surface area contributed by atoms with Gasteiger partial charge in [-0.3, -0.25) is 9.59 Å². The van der Waals surface area contributed by atoms with Crippen LogP contribution in [0.25, 0.3) is 0 Å². The molecular weight excluding hydrogens is 370 g/mol. The molecule has 1 atom stereocenters. The summed E-state index contributed by atoms with van der Waals surface area (Å²) < 4.78 is 4.67. The third-order valence-corrected chi connectivity index (χ3v) is 5.17. The molecule has 0 bridgehead atoms. The molecule has 6 nitrogen and oxygen atoms in total. The van der Waals surface area contributed by atoms with E-state index in [9.17, 15) is 14.4 Å². The number of hydrogen-bond acceptors (Lipinski definition) is 5. The van der Waals surface area contributed by atoms with Crippen molar-refractivity contribution in [1.82, 2.24) is 0 Å². The fourth-order valence-electron chi connectivity index (χ4n) is 3.28. The lowest BCUT2D eigenvalue weighted by Crippen LogP contribution is -2.34. The van der Waals surface area contributed by atoms with Crippen LogP contribution in [0, 0.1) is 0 Å². The molecular formula is C23H43NO5. The van der Waals surface area contributed by atoms with E-state index in [0.29, 0.717) is 6.42 Å². The minimum Gasteiger partial charge on any atom is -0.481 e. The van der Waals surface area contributed by atoms with Gasteiger partial charge in [0.15, 0.2) is 0 Å².